The summed E-state index contributed by atoms with van der Waals surface area (Å²) in [4.78, 5) is 26.2. The molecule has 2 rings (SSSR count). The van der Waals surface area contributed by atoms with Crippen LogP contribution < -0.4 is 5.32 Å². The van der Waals surface area contributed by atoms with E-state index >= 15 is 0 Å². The SMILES string of the molecule is O=C(O)c1ccc(NC(=O)c2cccc(F)c2Cl)cn1. The van der Waals surface area contributed by atoms with E-state index in [1.165, 1.54) is 30.5 Å². The third-order valence-electron chi connectivity index (χ3n) is 2.44. The molecule has 0 aliphatic rings. The van der Waals surface area contributed by atoms with Gasteiger partial charge in [-0.15, -0.1) is 0 Å². The summed E-state index contributed by atoms with van der Waals surface area (Å²) in [5.74, 6) is -2.48. The number of anilines is 1. The largest absolute Gasteiger partial charge is 0.477 e. The van der Waals surface area contributed by atoms with Gasteiger partial charge in [-0.2, -0.15) is 0 Å². The van der Waals surface area contributed by atoms with Crippen molar-refractivity contribution in [3.63, 3.8) is 0 Å². The van der Waals surface area contributed by atoms with Crippen LogP contribution in [0.4, 0.5) is 10.1 Å². The Balaban J connectivity index is 2.19. The van der Waals surface area contributed by atoms with Crippen molar-refractivity contribution in [3.05, 3.63) is 58.6 Å². The van der Waals surface area contributed by atoms with Gasteiger partial charge in [-0.1, -0.05) is 17.7 Å². The number of carbonyl (C=O) groups excluding carboxylic acids is 1. The molecule has 0 aliphatic heterocycles. The minimum atomic E-state index is -1.17. The number of benzene rings is 1. The summed E-state index contributed by atoms with van der Waals surface area (Å²) < 4.78 is 13.2. The second-order valence-corrected chi connectivity index (χ2v) is 4.17. The Bertz CT molecular complexity index is 674. The van der Waals surface area contributed by atoms with E-state index in [1.807, 2.05) is 0 Å². The second-order valence-electron chi connectivity index (χ2n) is 3.79. The van der Waals surface area contributed by atoms with Gasteiger partial charge in [0.15, 0.2) is 0 Å². The number of amides is 1. The molecule has 0 saturated heterocycles. The Labute approximate surface area is 118 Å². The maximum atomic E-state index is 13.2. The zero-order chi connectivity index (χ0) is 14.7. The molecule has 5 nitrogen and oxygen atoms in total. The van der Waals surface area contributed by atoms with Crippen LogP contribution in [0.3, 0.4) is 0 Å². The molecule has 0 unspecified atom stereocenters. The quantitative estimate of drug-likeness (QED) is 0.912. The molecule has 0 aliphatic carbocycles. The van der Waals surface area contributed by atoms with Crippen molar-refractivity contribution in [1.29, 1.82) is 0 Å². The van der Waals surface area contributed by atoms with Crippen LogP contribution in [0.2, 0.25) is 5.02 Å². The number of carboxylic acids is 1. The lowest BCUT2D eigenvalue weighted by Gasteiger charge is -2.07. The van der Waals surface area contributed by atoms with Gasteiger partial charge in [0.25, 0.3) is 5.91 Å². The molecule has 0 bridgehead atoms. The second kappa shape index (κ2) is 5.66. The lowest BCUT2D eigenvalue weighted by Crippen LogP contribution is -2.13. The highest BCUT2D eigenvalue weighted by Gasteiger charge is 2.14. The minimum Gasteiger partial charge on any atom is -0.477 e. The zero-order valence-electron chi connectivity index (χ0n) is 9.93. The lowest BCUT2D eigenvalue weighted by atomic mass is 10.2. The van der Waals surface area contributed by atoms with Gasteiger partial charge < -0.3 is 10.4 Å². The van der Waals surface area contributed by atoms with Crippen LogP contribution in [-0.2, 0) is 0 Å². The predicted molar refractivity (Wildman–Crippen MR) is 70.6 cm³/mol. The summed E-state index contributed by atoms with van der Waals surface area (Å²) in [6.07, 6.45) is 1.19. The van der Waals surface area contributed by atoms with Gasteiger partial charge in [0.1, 0.15) is 11.5 Å². The number of nitrogens with zero attached hydrogens (tertiary/aromatic N) is 1. The van der Waals surface area contributed by atoms with Crippen LogP contribution >= 0.6 is 11.6 Å². The number of nitrogens with one attached hydrogen (secondary N) is 1. The molecule has 7 heteroatoms. The predicted octanol–water partition coefficient (Wildman–Crippen LogP) is 2.82. The minimum absolute atomic E-state index is 0.0195. The summed E-state index contributed by atoms with van der Waals surface area (Å²) in [7, 11) is 0. The molecule has 1 heterocycles. The standard InChI is InChI=1S/C13H8ClFN2O3/c14-11-8(2-1-3-9(11)15)12(18)17-7-4-5-10(13(19)20)16-6-7/h1-6H,(H,17,18)(H,19,20). The molecule has 20 heavy (non-hydrogen) atoms. The van der Waals surface area contributed by atoms with Gasteiger partial charge in [0.05, 0.1) is 22.5 Å². The molecular formula is C13H8ClFN2O3. The van der Waals surface area contributed by atoms with E-state index in [4.69, 9.17) is 16.7 Å². The van der Waals surface area contributed by atoms with Crippen molar-refractivity contribution < 1.29 is 19.1 Å². The molecule has 0 atom stereocenters. The molecule has 1 aromatic heterocycles. The highest BCUT2D eigenvalue weighted by Crippen LogP contribution is 2.20. The van der Waals surface area contributed by atoms with Gasteiger partial charge in [0, 0.05) is 0 Å². The number of rotatable bonds is 3. The van der Waals surface area contributed by atoms with E-state index in [0.29, 0.717) is 0 Å². The Morgan fingerprint density at radius 1 is 1.25 bits per heavy atom. The van der Waals surface area contributed by atoms with Gasteiger partial charge >= 0.3 is 5.97 Å². The van der Waals surface area contributed by atoms with Crippen molar-refractivity contribution in [1.82, 2.24) is 4.98 Å². The maximum absolute atomic E-state index is 13.2. The van der Waals surface area contributed by atoms with Crippen molar-refractivity contribution >= 4 is 29.2 Å². The molecule has 0 radical (unpaired) electrons. The van der Waals surface area contributed by atoms with E-state index < -0.39 is 17.7 Å². The highest BCUT2D eigenvalue weighted by molar-refractivity contribution is 6.34. The van der Waals surface area contributed by atoms with Crippen LogP contribution in [0.1, 0.15) is 20.8 Å². The molecular weight excluding hydrogens is 287 g/mol. The third kappa shape index (κ3) is 2.92. The summed E-state index contributed by atoms with van der Waals surface area (Å²) in [5.41, 5.74) is 0.112. The Hall–Kier alpha value is -2.47. The first-order valence-corrected chi connectivity index (χ1v) is 5.81. The van der Waals surface area contributed by atoms with Crippen molar-refractivity contribution in [2.24, 2.45) is 0 Å². The molecule has 0 saturated carbocycles. The number of aromatic carboxylic acids is 1. The van der Waals surface area contributed by atoms with Crippen LogP contribution in [0.15, 0.2) is 36.5 Å². The summed E-state index contributed by atoms with van der Waals surface area (Å²) >= 11 is 5.69. The smallest absolute Gasteiger partial charge is 0.354 e. The van der Waals surface area contributed by atoms with Crippen molar-refractivity contribution in [3.8, 4) is 0 Å². The first kappa shape index (κ1) is 14.0. The Morgan fingerprint density at radius 2 is 2.00 bits per heavy atom. The molecule has 0 fully saturated rings. The number of hydrogen-bond acceptors (Lipinski definition) is 3. The summed E-state index contributed by atoms with van der Waals surface area (Å²) in [5, 5.41) is 10.9. The van der Waals surface area contributed by atoms with Crippen LogP contribution in [-0.4, -0.2) is 22.0 Å². The number of aromatic nitrogens is 1. The first-order chi connectivity index (χ1) is 9.49. The van der Waals surface area contributed by atoms with Crippen molar-refractivity contribution in [2.75, 3.05) is 5.32 Å². The third-order valence-corrected chi connectivity index (χ3v) is 2.82. The fraction of sp³-hybridized carbons (Fsp3) is 0. The number of halogens is 2. The van der Waals surface area contributed by atoms with Crippen LogP contribution in [0.25, 0.3) is 0 Å². The average Bonchev–Trinajstić information content (AvgIpc) is 2.42. The molecule has 2 aromatic rings. The van der Waals surface area contributed by atoms with E-state index in [1.54, 1.807) is 0 Å². The normalized spacial score (nSPS) is 10.1. The number of hydrogen-bond donors (Lipinski definition) is 2. The van der Waals surface area contributed by atoms with Gasteiger partial charge in [-0.3, -0.25) is 4.79 Å². The van der Waals surface area contributed by atoms with E-state index in [2.05, 4.69) is 10.3 Å². The van der Waals surface area contributed by atoms with Gasteiger partial charge in [-0.25, -0.2) is 14.2 Å². The molecule has 1 aromatic carbocycles. The lowest BCUT2D eigenvalue weighted by molar-refractivity contribution is 0.0690. The maximum Gasteiger partial charge on any atom is 0.354 e. The molecule has 0 spiro atoms. The van der Waals surface area contributed by atoms with E-state index in [0.717, 1.165) is 6.07 Å². The van der Waals surface area contributed by atoms with Crippen LogP contribution in [0.5, 0.6) is 0 Å². The number of pyridine rings is 1. The van der Waals surface area contributed by atoms with Gasteiger partial charge in [0.2, 0.25) is 0 Å². The fourth-order valence-corrected chi connectivity index (χ4v) is 1.68. The fourth-order valence-electron chi connectivity index (χ4n) is 1.47. The van der Waals surface area contributed by atoms with Crippen molar-refractivity contribution in [2.45, 2.75) is 0 Å². The number of carbonyl (C=O) groups is 2. The Morgan fingerprint density at radius 3 is 2.60 bits per heavy atom. The summed E-state index contributed by atoms with van der Waals surface area (Å²) in [6, 6.07) is 6.50. The average molecular weight is 295 g/mol. The highest BCUT2D eigenvalue weighted by atomic mass is 35.5. The summed E-state index contributed by atoms with van der Waals surface area (Å²) in [6.45, 7) is 0. The first-order valence-electron chi connectivity index (χ1n) is 5.44. The molecule has 102 valence electrons. The molecule has 1 amide bonds. The van der Waals surface area contributed by atoms with E-state index in [-0.39, 0.29) is 22.0 Å². The van der Waals surface area contributed by atoms with Crippen LogP contribution in [0, 0.1) is 5.82 Å². The monoisotopic (exact) mass is 294 g/mol. The number of carboxylic acid groups (broad SMARTS) is 1. The van der Waals surface area contributed by atoms with Gasteiger partial charge in [-0.05, 0) is 24.3 Å². The topological polar surface area (TPSA) is 79.3 Å². The molecule has 2 N–H and O–H groups in total. The zero-order valence-corrected chi connectivity index (χ0v) is 10.7. The Kier molecular flexibility index (Phi) is 3.95. The van der Waals surface area contributed by atoms with E-state index in [9.17, 15) is 14.0 Å².